The Labute approximate surface area is 162 Å². The number of rotatable bonds is 7. The van der Waals surface area contributed by atoms with E-state index in [4.69, 9.17) is 4.74 Å². The van der Waals surface area contributed by atoms with Crippen molar-refractivity contribution in [2.24, 2.45) is 0 Å². The average Bonchev–Trinajstić information content (AvgIpc) is 2.68. The summed E-state index contributed by atoms with van der Waals surface area (Å²) in [6, 6.07) is 16.2. The van der Waals surface area contributed by atoms with E-state index in [-0.39, 0.29) is 22.6 Å². The summed E-state index contributed by atoms with van der Waals surface area (Å²) in [5.74, 6) is 0.00829. The summed E-state index contributed by atoms with van der Waals surface area (Å²) in [6.07, 6.45) is 0. The molecule has 0 radical (unpaired) electrons. The topological polar surface area (TPSA) is 61.2 Å². The van der Waals surface area contributed by atoms with Crippen LogP contribution < -0.4 is 5.56 Å². The number of hydrogen-bond donors (Lipinski definition) is 0. The molecule has 1 aromatic heterocycles. The molecule has 0 bridgehead atoms. The van der Waals surface area contributed by atoms with E-state index in [1.165, 1.54) is 11.8 Å². The summed E-state index contributed by atoms with van der Waals surface area (Å²) >= 11 is 1.30. The van der Waals surface area contributed by atoms with Crippen LogP contribution in [-0.4, -0.2) is 34.3 Å². The minimum absolute atomic E-state index is 0.00829. The second kappa shape index (κ2) is 8.50. The second-order valence-electron chi connectivity index (χ2n) is 6.38. The van der Waals surface area contributed by atoms with E-state index in [0.29, 0.717) is 28.2 Å². The minimum Gasteiger partial charge on any atom is -0.383 e. The van der Waals surface area contributed by atoms with E-state index < -0.39 is 0 Å². The standard InChI is InChI=1S/C21H22N2O3S/c1-14(13-26-3)23-20(25)17-11-7-8-12-18(17)22-21(23)27-15(2)19(24)16-9-5-4-6-10-16/h4-12,14-15H,13H2,1-3H3/t14-,15+/m0/s1. The van der Waals surface area contributed by atoms with Crippen LogP contribution in [0, 0.1) is 0 Å². The quantitative estimate of drug-likeness (QED) is 0.352. The van der Waals surface area contributed by atoms with Crippen LogP contribution in [0.5, 0.6) is 0 Å². The number of hydrogen-bond acceptors (Lipinski definition) is 5. The van der Waals surface area contributed by atoms with Crippen LogP contribution in [0.25, 0.3) is 10.9 Å². The highest BCUT2D eigenvalue weighted by Crippen LogP contribution is 2.27. The van der Waals surface area contributed by atoms with Crippen molar-refractivity contribution in [2.75, 3.05) is 13.7 Å². The number of nitrogens with zero attached hydrogens (tertiary/aromatic N) is 2. The number of aromatic nitrogens is 2. The van der Waals surface area contributed by atoms with Crippen molar-refractivity contribution < 1.29 is 9.53 Å². The lowest BCUT2D eigenvalue weighted by molar-refractivity contribution is 0.0993. The Morgan fingerprint density at radius 1 is 1.11 bits per heavy atom. The molecule has 6 heteroatoms. The maximum atomic E-state index is 13.1. The summed E-state index contributed by atoms with van der Waals surface area (Å²) in [4.78, 5) is 30.5. The molecule has 0 saturated heterocycles. The zero-order valence-electron chi connectivity index (χ0n) is 15.6. The molecule has 0 aliphatic rings. The number of para-hydroxylation sites is 1. The molecule has 5 nitrogen and oxygen atoms in total. The van der Waals surface area contributed by atoms with Gasteiger partial charge >= 0.3 is 0 Å². The largest absolute Gasteiger partial charge is 0.383 e. The Hall–Kier alpha value is -2.44. The highest BCUT2D eigenvalue weighted by atomic mass is 32.2. The molecule has 0 saturated carbocycles. The third-order valence-electron chi connectivity index (χ3n) is 4.33. The fourth-order valence-corrected chi connectivity index (χ4v) is 4.05. The number of carbonyl (C=O) groups excluding carboxylic acids is 1. The second-order valence-corrected chi connectivity index (χ2v) is 7.69. The highest BCUT2D eigenvalue weighted by Gasteiger charge is 2.22. The Balaban J connectivity index is 2.03. The lowest BCUT2D eigenvalue weighted by atomic mass is 10.1. The van der Waals surface area contributed by atoms with Gasteiger partial charge in [-0.15, -0.1) is 0 Å². The van der Waals surface area contributed by atoms with Gasteiger partial charge in [0.05, 0.1) is 28.8 Å². The molecule has 0 aliphatic heterocycles. The number of ketones is 1. The van der Waals surface area contributed by atoms with Crippen molar-refractivity contribution in [1.29, 1.82) is 0 Å². The van der Waals surface area contributed by atoms with Crippen molar-refractivity contribution in [3.05, 3.63) is 70.5 Å². The van der Waals surface area contributed by atoms with Gasteiger partial charge < -0.3 is 4.74 Å². The van der Waals surface area contributed by atoms with Gasteiger partial charge in [-0.2, -0.15) is 0 Å². The molecule has 1 heterocycles. The van der Waals surface area contributed by atoms with E-state index in [9.17, 15) is 9.59 Å². The number of thioether (sulfide) groups is 1. The SMILES string of the molecule is COC[C@H](C)n1c(S[C@H](C)C(=O)c2ccccc2)nc2ccccc2c1=O. The maximum Gasteiger partial charge on any atom is 0.262 e. The van der Waals surface area contributed by atoms with Crippen LogP contribution >= 0.6 is 11.8 Å². The fraction of sp³-hybridized carbons (Fsp3) is 0.286. The van der Waals surface area contributed by atoms with Gasteiger partial charge in [-0.1, -0.05) is 54.2 Å². The number of benzene rings is 2. The highest BCUT2D eigenvalue weighted by molar-refractivity contribution is 8.00. The summed E-state index contributed by atoms with van der Waals surface area (Å²) in [7, 11) is 1.60. The van der Waals surface area contributed by atoms with Crippen molar-refractivity contribution in [3.63, 3.8) is 0 Å². The van der Waals surface area contributed by atoms with Gasteiger partial charge in [0.25, 0.3) is 5.56 Å². The number of fused-ring (bicyclic) bond motifs is 1. The summed E-state index contributed by atoms with van der Waals surface area (Å²) < 4.78 is 6.87. The minimum atomic E-state index is -0.374. The van der Waals surface area contributed by atoms with E-state index in [1.807, 2.05) is 50.2 Å². The molecule has 0 unspecified atom stereocenters. The first-order valence-electron chi connectivity index (χ1n) is 8.79. The lowest BCUT2D eigenvalue weighted by Crippen LogP contribution is -2.29. The normalized spacial score (nSPS) is 13.4. The zero-order valence-corrected chi connectivity index (χ0v) is 16.4. The molecular weight excluding hydrogens is 360 g/mol. The van der Waals surface area contributed by atoms with Crippen LogP contribution in [0.4, 0.5) is 0 Å². The smallest absolute Gasteiger partial charge is 0.262 e. The van der Waals surface area contributed by atoms with Gasteiger partial charge in [-0.25, -0.2) is 4.98 Å². The fourth-order valence-electron chi connectivity index (χ4n) is 2.96. The van der Waals surface area contributed by atoms with Crippen molar-refractivity contribution in [1.82, 2.24) is 9.55 Å². The number of Topliss-reactive ketones (excluding diaryl/α,β-unsaturated/α-hetero) is 1. The number of ether oxygens (including phenoxy) is 1. The van der Waals surface area contributed by atoms with Gasteiger partial charge in [0, 0.05) is 12.7 Å². The maximum absolute atomic E-state index is 13.1. The monoisotopic (exact) mass is 382 g/mol. The lowest BCUT2D eigenvalue weighted by Gasteiger charge is -2.20. The Bertz CT molecular complexity index is 1000. The zero-order chi connectivity index (χ0) is 19.4. The molecule has 140 valence electrons. The van der Waals surface area contributed by atoms with Crippen LogP contribution in [0.1, 0.15) is 30.2 Å². The molecule has 0 N–H and O–H groups in total. The third kappa shape index (κ3) is 4.12. The van der Waals surface area contributed by atoms with E-state index >= 15 is 0 Å². The predicted molar refractivity (Wildman–Crippen MR) is 109 cm³/mol. The van der Waals surface area contributed by atoms with Crippen LogP contribution in [0.2, 0.25) is 0 Å². The molecule has 0 fully saturated rings. The van der Waals surface area contributed by atoms with Gasteiger partial charge in [0.2, 0.25) is 0 Å². The van der Waals surface area contributed by atoms with Crippen LogP contribution in [-0.2, 0) is 4.74 Å². The van der Waals surface area contributed by atoms with Gasteiger partial charge in [0.1, 0.15) is 0 Å². The molecule has 0 aliphatic carbocycles. The molecule has 2 aromatic carbocycles. The van der Waals surface area contributed by atoms with Gasteiger partial charge in [-0.3, -0.25) is 14.2 Å². The van der Waals surface area contributed by atoms with E-state index in [0.717, 1.165) is 0 Å². The van der Waals surface area contributed by atoms with E-state index in [2.05, 4.69) is 4.98 Å². The molecule has 3 rings (SSSR count). The predicted octanol–water partition coefficient (Wildman–Crippen LogP) is 3.97. The summed E-state index contributed by atoms with van der Waals surface area (Å²) in [5, 5.41) is 0.716. The molecule has 0 amide bonds. The first-order chi connectivity index (χ1) is 13.0. The Kier molecular flexibility index (Phi) is 6.08. The van der Waals surface area contributed by atoms with Crippen molar-refractivity contribution in [2.45, 2.75) is 30.3 Å². The van der Waals surface area contributed by atoms with Crippen LogP contribution in [0.3, 0.4) is 0 Å². The first kappa shape index (κ1) is 19.3. The van der Waals surface area contributed by atoms with E-state index in [1.54, 1.807) is 29.9 Å². The molecule has 3 aromatic rings. The van der Waals surface area contributed by atoms with Crippen molar-refractivity contribution >= 4 is 28.4 Å². The van der Waals surface area contributed by atoms with Crippen LogP contribution in [0.15, 0.2) is 64.5 Å². The molecular formula is C21H22N2O3S. The summed E-state index contributed by atoms with van der Waals surface area (Å²) in [5.41, 5.74) is 1.16. The number of methoxy groups -OCH3 is 1. The summed E-state index contributed by atoms with van der Waals surface area (Å²) in [6.45, 7) is 4.14. The van der Waals surface area contributed by atoms with Gasteiger partial charge in [0.15, 0.2) is 10.9 Å². The number of carbonyl (C=O) groups is 1. The molecule has 0 spiro atoms. The molecule has 27 heavy (non-hydrogen) atoms. The molecule has 2 atom stereocenters. The van der Waals surface area contributed by atoms with Crippen molar-refractivity contribution in [3.8, 4) is 0 Å². The third-order valence-corrected chi connectivity index (χ3v) is 5.40. The Morgan fingerprint density at radius 3 is 2.48 bits per heavy atom. The first-order valence-corrected chi connectivity index (χ1v) is 9.67. The Morgan fingerprint density at radius 2 is 1.78 bits per heavy atom. The van der Waals surface area contributed by atoms with Gasteiger partial charge in [-0.05, 0) is 26.0 Å². The average molecular weight is 382 g/mol.